The standard InChI is InChI=1S/C17H15IN2OS/c1-2-21-15-9-7-14(8-10-15)19-17-20-16(11-22-17)12-3-5-13(18)6-4-12/h3-11H,2H2,1H3,(H,19,20). The first-order valence-electron chi connectivity index (χ1n) is 6.96. The Kier molecular flexibility index (Phi) is 4.94. The summed E-state index contributed by atoms with van der Waals surface area (Å²) in [6.07, 6.45) is 0. The highest BCUT2D eigenvalue weighted by atomic mass is 127. The minimum atomic E-state index is 0.679. The van der Waals surface area contributed by atoms with Crippen molar-refractivity contribution in [3.63, 3.8) is 0 Å². The Hall–Kier alpha value is -1.60. The molecule has 0 aliphatic heterocycles. The zero-order valence-electron chi connectivity index (χ0n) is 12.0. The number of aromatic nitrogens is 1. The van der Waals surface area contributed by atoms with Crippen LogP contribution < -0.4 is 10.1 Å². The Morgan fingerprint density at radius 3 is 2.50 bits per heavy atom. The van der Waals surface area contributed by atoms with Crippen LogP contribution in [0.4, 0.5) is 10.8 Å². The van der Waals surface area contributed by atoms with Gasteiger partial charge in [-0.2, -0.15) is 0 Å². The fraction of sp³-hybridized carbons (Fsp3) is 0.118. The second-order valence-electron chi connectivity index (χ2n) is 4.63. The number of nitrogens with zero attached hydrogens (tertiary/aromatic N) is 1. The normalized spacial score (nSPS) is 10.5. The lowest BCUT2D eigenvalue weighted by Crippen LogP contribution is -1.92. The zero-order valence-corrected chi connectivity index (χ0v) is 15.0. The Labute approximate surface area is 147 Å². The summed E-state index contributed by atoms with van der Waals surface area (Å²) in [5, 5.41) is 6.28. The van der Waals surface area contributed by atoms with Crippen LogP contribution in [0.3, 0.4) is 0 Å². The lowest BCUT2D eigenvalue weighted by Gasteiger charge is -2.05. The Balaban J connectivity index is 1.72. The predicted molar refractivity (Wildman–Crippen MR) is 101 cm³/mol. The molecule has 0 unspecified atom stereocenters. The molecular weight excluding hydrogens is 407 g/mol. The maximum absolute atomic E-state index is 5.44. The number of thiazole rings is 1. The van der Waals surface area contributed by atoms with Gasteiger partial charge in [-0.15, -0.1) is 11.3 Å². The molecule has 3 aromatic rings. The van der Waals surface area contributed by atoms with Crippen molar-refractivity contribution in [1.29, 1.82) is 0 Å². The highest BCUT2D eigenvalue weighted by molar-refractivity contribution is 14.1. The molecule has 0 spiro atoms. The molecule has 0 saturated carbocycles. The van der Waals surface area contributed by atoms with Crippen LogP contribution in [0.15, 0.2) is 53.9 Å². The number of ether oxygens (including phenoxy) is 1. The van der Waals surface area contributed by atoms with Gasteiger partial charge < -0.3 is 10.1 Å². The van der Waals surface area contributed by atoms with Crippen molar-refractivity contribution in [2.24, 2.45) is 0 Å². The molecule has 1 aromatic heterocycles. The number of rotatable bonds is 5. The molecule has 3 rings (SSSR count). The summed E-state index contributed by atoms with van der Waals surface area (Å²) in [5.41, 5.74) is 3.14. The van der Waals surface area contributed by atoms with Gasteiger partial charge in [-0.1, -0.05) is 12.1 Å². The van der Waals surface area contributed by atoms with Gasteiger partial charge in [0.15, 0.2) is 5.13 Å². The SMILES string of the molecule is CCOc1ccc(Nc2nc(-c3ccc(I)cc3)cs2)cc1. The molecule has 0 aliphatic carbocycles. The quantitative estimate of drug-likeness (QED) is 0.547. The van der Waals surface area contributed by atoms with E-state index in [9.17, 15) is 0 Å². The van der Waals surface area contributed by atoms with Gasteiger partial charge in [0.05, 0.1) is 12.3 Å². The number of nitrogens with one attached hydrogen (secondary N) is 1. The third kappa shape index (κ3) is 3.78. The molecule has 2 aromatic carbocycles. The molecular formula is C17H15IN2OS. The number of hydrogen-bond donors (Lipinski definition) is 1. The van der Waals surface area contributed by atoms with Gasteiger partial charge in [0.2, 0.25) is 0 Å². The zero-order chi connectivity index (χ0) is 15.4. The summed E-state index contributed by atoms with van der Waals surface area (Å²) in [6.45, 7) is 2.66. The molecule has 0 aliphatic rings. The minimum Gasteiger partial charge on any atom is -0.494 e. The van der Waals surface area contributed by atoms with Crippen LogP contribution in [0, 0.1) is 3.57 Å². The molecule has 0 bridgehead atoms. The minimum absolute atomic E-state index is 0.679. The first-order valence-corrected chi connectivity index (χ1v) is 8.92. The van der Waals surface area contributed by atoms with E-state index in [1.807, 2.05) is 31.2 Å². The molecule has 0 radical (unpaired) electrons. The molecule has 1 N–H and O–H groups in total. The van der Waals surface area contributed by atoms with Crippen molar-refractivity contribution in [1.82, 2.24) is 4.98 Å². The van der Waals surface area contributed by atoms with E-state index in [0.717, 1.165) is 27.8 Å². The third-order valence-electron chi connectivity index (χ3n) is 3.06. The van der Waals surface area contributed by atoms with Crippen molar-refractivity contribution in [2.75, 3.05) is 11.9 Å². The summed E-state index contributed by atoms with van der Waals surface area (Å²) in [6, 6.07) is 16.3. The first-order chi connectivity index (χ1) is 10.7. The van der Waals surface area contributed by atoms with Crippen molar-refractivity contribution in [3.05, 3.63) is 57.5 Å². The van der Waals surface area contributed by atoms with Crippen LogP contribution in [0.25, 0.3) is 11.3 Å². The third-order valence-corrected chi connectivity index (χ3v) is 4.54. The molecule has 0 atom stereocenters. The van der Waals surface area contributed by atoms with Crippen LogP contribution in [-0.4, -0.2) is 11.6 Å². The molecule has 22 heavy (non-hydrogen) atoms. The maximum atomic E-state index is 5.44. The molecule has 0 amide bonds. The van der Waals surface area contributed by atoms with E-state index in [-0.39, 0.29) is 0 Å². The van der Waals surface area contributed by atoms with E-state index < -0.39 is 0 Å². The van der Waals surface area contributed by atoms with Crippen LogP contribution in [0.1, 0.15) is 6.92 Å². The fourth-order valence-corrected chi connectivity index (χ4v) is 3.11. The lowest BCUT2D eigenvalue weighted by atomic mass is 10.2. The van der Waals surface area contributed by atoms with E-state index in [1.165, 1.54) is 3.57 Å². The van der Waals surface area contributed by atoms with Crippen LogP contribution in [0.2, 0.25) is 0 Å². The van der Waals surface area contributed by atoms with Crippen LogP contribution in [0.5, 0.6) is 5.75 Å². The van der Waals surface area contributed by atoms with Crippen LogP contribution >= 0.6 is 33.9 Å². The summed E-state index contributed by atoms with van der Waals surface area (Å²) in [5.74, 6) is 0.881. The fourth-order valence-electron chi connectivity index (χ4n) is 2.01. The number of anilines is 2. The lowest BCUT2D eigenvalue weighted by molar-refractivity contribution is 0.340. The topological polar surface area (TPSA) is 34.1 Å². The largest absolute Gasteiger partial charge is 0.494 e. The highest BCUT2D eigenvalue weighted by Gasteiger charge is 2.05. The average Bonchev–Trinajstić information content (AvgIpc) is 2.99. The second kappa shape index (κ2) is 7.11. The summed E-state index contributed by atoms with van der Waals surface area (Å²) in [7, 11) is 0. The van der Waals surface area contributed by atoms with Gasteiger partial charge >= 0.3 is 0 Å². The molecule has 3 nitrogen and oxygen atoms in total. The number of hydrogen-bond acceptors (Lipinski definition) is 4. The van der Waals surface area contributed by atoms with Crippen molar-refractivity contribution >= 4 is 44.7 Å². The van der Waals surface area contributed by atoms with Crippen molar-refractivity contribution in [3.8, 4) is 17.0 Å². The summed E-state index contributed by atoms with van der Waals surface area (Å²) >= 11 is 3.91. The predicted octanol–water partition coefficient (Wildman–Crippen LogP) is 5.56. The Morgan fingerprint density at radius 2 is 1.82 bits per heavy atom. The van der Waals surface area contributed by atoms with E-state index in [2.05, 4.69) is 62.5 Å². The van der Waals surface area contributed by atoms with Gasteiger partial charge in [0.1, 0.15) is 5.75 Å². The Morgan fingerprint density at radius 1 is 1.09 bits per heavy atom. The van der Waals surface area contributed by atoms with Gasteiger partial charge in [-0.05, 0) is 65.9 Å². The van der Waals surface area contributed by atoms with E-state index >= 15 is 0 Å². The van der Waals surface area contributed by atoms with Gasteiger partial charge in [0.25, 0.3) is 0 Å². The number of halogens is 1. The van der Waals surface area contributed by atoms with Gasteiger partial charge in [-0.25, -0.2) is 4.98 Å². The van der Waals surface area contributed by atoms with E-state index in [4.69, 9.17) is 4.74 Å². The first kappa shape index (κ1) is 15.3. The average molecular weight is 422 g/mol. The number of benzene rings is 2. The van der Waals surface area contributed by atoms with Crippen LogP contribution in [-0.2, 0) is 0 Å². The smallest absolute Gasteiger partial charge is 0.187 e. The molecule has 5 heteroatoms. The molecule has 1 heterocycles. The highest BCUT2D eigenvalue weighted by Crippen LogP contribution is 2.28. The molecule has 0 fully saturated rings. The van der Waals surface area contributed by atoms with E-state index in [0.29, 0.717) is 6.61 Å². The van der Waals surface area contributed by atoms with Crippen molar-refractivity contribution < 1.29 is 4.74 Å². The maximum Gasteiger partial charge on any atom is 0.187 e. The molecule has 112 valence electrons. The summed E-state index contributed by atoms with van der Waals surface area (Å²) < 4.78 is 6.67. The van der Waals surface area contributed by atoms with Crippen molar-refractivity contribution in [2.45, 2.75) is 6.92 Å². The van der Waals surface area contributed by atoms with E-state index in [1.54, 1.807) is 11.3 Å². The molecule has 0 saturated heterocycles. The van der Waals surface area contributed by atoms with Gasteiger partial charge in [-0.3, -0.25) is 0 Å². The summed E-state index contributed by atoms with van der Waals surface area (Å²) in [4.78, 5) is 4.64. The van der Waals surface area contributed by atoms with Gasteiger partial charge in [0, 0.05) is 20.2 Å². The Bertz CT molecular complexity index is 738. The second-order valence-corrected chi connectivity index (χ2v) is 6.73. The monoisotopic (exact) mass is 422 g/mol.